The Kier molecular flexibility index (Phi) is 55.5. The molecule has 3 atom stereocenters. The van der Waals surface area contributed by atoms with Gasteiger partial charge in [0.2, 0.25) is 5.91 Å². The second-order valence-electron chi connectivity index (χ2n) is 23.1. The molecule has 0 saturated heterocycles. The molecular weight excluding hydrogens is 948 g/mol. The van der Waals surface area contributed by atoms with Gasteiger partial charge in [0.1, 0.15) is 13.2 Å². The molecular formula is C66H126N2O6P+. The molecule has 0 rings (SSSR count). The van der Waals surface area contributed by atoms with Crippen LogP contribution in [-0.4, -0.2) is 73.4 Å². The van der Waals surface area contributed by atoms with E-state index in [1.165, 1.54) is 225 Å². The number of carbonyl (C=O) groups excluding carboxylic acids is 1. The molecule has 440 valence electrons. The monoisotopic (exact) mass is 1070 g/mol. The van der Waals surface area contributed by atoms with Crippen molar-refractivity contribution in [3.8, 4) is 0 Å². The maximum atomic E-state index is 13.0. The molecule has 0 aromatic rings. The van der Waals surface area contributed by atoms with Crippen molar-refractivity contribution in [3.05, 3.63) is 60.8 Å². The minimum Gasteiger partial charge on any atom is -0.387 e. The molecule has 0 bridgehead atoms. The third-order valence-corrected chi connectivity index (χ3v) is 15.4. The summed E-state index contributed by atoms with van der Waals surface area (Å²) in [6, 6.07) is -0.868. The lowest BCUT2D eigenvalue weighted by atomic mass is 10.0. The van der Waals surface area contributed by atoms with Crippen molar-refractivity contribution in [2.75, 3.05) is 40.9 Å². The molecule has 0 aliphatic heterocycles. The number of amides is 1. The first kappa shape index (κ1) is 73.2. The number of allylic oxidation sites excluding steroid dienone is 9. The first-order chi connectivity index (χ1) is 36.5. The van der Waals surface area contributed by atoms with Crippen molar-refractivity contribution in [2.24, 2.45) is 0 Å². The maximum absolute atomic E-state index is 13.0. The van der Waals surface area contributed by atoms with E-state index in [9.17, 15) is 19.4 Å². The zero-order valence-corrected chi connectivity index (χ0v) is 51.2. The van der Waals surface area contributed by atoms with Crippen LogP contribution in [0.4, 0.5) is 0 Å². The van der Waals surface area contributed by atoms with E-state index in [-0.39, 0.29) is 19.1 Å². The Hall–Kier alpha value is -1.80. The highest BCUT2D eigenvalue weighted by atomic mass is 31.2. The van der Waals surface area contributed by atoms with E-state index in [1.807, 2.05) is 27.2 Å². The minimum absolute atomic E-state index is 0.0537. The van der Waals surface area contributed by atoms with Crippen LogP contribution in [0.1, 0.15) is 303 Å². The first-order valence-electron chi connectivity index (χ1n) is 32.2. The summed E-state index contributed by atoms with van der Waals surface area (Å²) in [6.07, 6.45) is 78.2. The summed E-state index contributed by atoms with van der Waals surface area (Å²) < 4.78 is 23.6. The van der Waals surface area contributed by atoms with Crippen LogP contribution in [0.15, 0.2) is 60.8 Å². The molecule has 9 heteroatoms. The molecule has 75 heavy (non-hydrogen) atoms. The predicted octanol–water partition coefficient (Wildman–Crippen LogP) is 20.0. The molecule has 0 aromatic heterocycles. The molecule has 3 N–H and O–H groups in total. The third kappa shape index (κ3) is 59.7. The SMILES string of the molecule is CCCC/C=C/CC/C=C/CC/C=C/C(O)C(COP(=O)(O)OCC[N+](C)(C)C)NC(=O)CCCCCCCCCCCCCCCCCCCCCCCCCCCCCCC/C=C\C/C=C\CCCCCCC. The maximum Gasteiger partial charge on any atom is 0.472 e. The number of unbranched alkanes of at least 4 members (excludes halogenated alkanes) is 38. The van der Waals surface area contributed by atoms with Crippen molar-refractivity contribution in [1.29, 1.82) is 0 Å². The van der Waals surface area contributed by atoms with Crippen molar-refractivity contribution in [1.82, 2.24) is 5.32 Å². The van der Waals surface area contributed by atoms with Crippen molar-refractivity contribution in [3.63, 3.8) is 0 Å². The summed E-state index contributed by atoms with van der Waals surface area (Å²) in [6.45, 7) is 4.74. The number of carbonyl (C=O) groups is 1. The highest BCUT2D eigenvalue weighted by Crippen LogP contribution is 2.43. The van der Waals surface area contributed by atoms with Crippen molar-refractivity contribution >= 4 is 13.7 Å². The van der Waals surface area contributed by atoms with Crippen LogP contribution < -0.4 is 5.32 Å². The number of aliphatic hydroxyl groups excluding tert-OH is 1. The number of nitrogens with zero attached hydrogens (tertiary/aromatic N) is 1. The van der Waals surface area contributed by atoms with Crippen LogP contribution in [0, 0.1) is 0 Å². The van der Waals surface area contributed by atoms with Crippen LogP contribution >= 0.6 is 7.82 Å². The standard InChI is InChI=1S/C66H125N2O6P/c1-6-8-10-12-14-16-18-20-21-22-23-24-25-26-27-28-29-30-31-32-33-34-35-36-37-38-39-40-41-42-43-44-45-46-47-48-50-52-54-56-58-60-66(70)67-64(63-74-75(71,72)73-62-61-68(3,4)5)65(69)59-57-55-53-51-49-19-17-15-13-11-9-7-2/h13,15,18,20,22-23,49,51,57,59,64-65,69H,6-12,14,16-17,19,21,24-48,50,52-56,58,60-63H2,1-5H3,(H-,67,70,71,72)/p+1/b15-13+,20-18-,23-22-,51-49+,59-57+. The third-order valence-electron chi connectivity index (χ3n) is 14.4. The van der Waals surface area contributed by atoms with Gasteiger partial charge in [0.15, 0.2) is 0 Å². The molecule has 0 aliphatic rings. The lowest BCUT2D eigenvalue weighted by Crippen LogP contribution is -2.45. The Morgan fingerprint density at radius 2 is 0.787 bits per heavy atom. The quantitative estimate of drug-likeness (QED) is 0.0243. The molecule has 0 aliphatic carbocycles. The Bertz CT molecular complexity index is 1400. The Labute approximate surface area is 466 Å². The van der Waals surface area contributed by atoms with E-state index < -0.39 is 20.0 Å². The Balaban J connectivity index is 3.83. The van der Waals surface area contributed by atoms with Gasteiger partial charge in [-0.3, -0.25) is 13.8 Å². The number of nitrogens with one attached hydrogen (secondary N) is 1. The second-order valence-corrected chi connectivity index (χ2v) is 24.6. The van der Waals surface area contributed by atoms with E-state index in [2.05, 4.69) is 67.8 Å². The largest absolute Gasteiger partial charge is 0.472 e. The van der Waals surface area contributed by atoms with Gasteiger partial charge in [0.05, 0.1) is 39.9 Å². The molecule has 0 saturated carbocycles. The highest BCUT2D eigenvalue weighted by molar-refractivity contribution is 7.47. The smallest absolute Gasteiger partial charge is 0.387 e. The number of quaternary nitrogens is 1. The average Bonchev–Trinajstić information content (AvgIpc) is 3.37. The van der Waals surface area contributed by atoms with Crippen LogP contribution in [0.3, 0.4) is 0 Å². The van der Waals surface area contributed by atoms with Crippen LogP contribution in [0.2, 0.25) is 0 Å². The molecule has 1 amide bonds. The molecule has 0 aromatic carbocycles. The molecule has 0 fully saturated rings. The zero-order valence-electron chi connectivity index (χ0n) is 50.3. The van der Waals surface area contributed by atoms with Gasteiger partial charge in [0.25, 0.3) is 0 Å². The van der Waals surface area contributed by atoms with Crippen LogP contribution in [0.25, 0.3) is 0 Å². The average molecular weight is 1070 g/mol. The number of hydrogen-bond donors (Lipinski definition) is 3. The second kappa shape index (κ2) is 56.9. The lowest BCUT2D eigenvalue weighted by Gasteiger charge is -2.25. The topological polar surface area (TPSA) is 105 Å². The molecule has 3 unspecified atom stereocenters. The summed E-state index contributed by atoms with van der Waals surface area (Å²) in [7, 11) is 1.55. The minimum atomic E-state index is -4.35. The van der Waals surface area contributed by atoms with Crippen LogP contribution in [0.5, 0.6) is 0 Å². The zero-order chi connectivity index (χ0) is 54.9. The van der Waals surface area contributed by atoms with Gasteiger partial charge in [-0.1, -0.05) is 286 Å². The lowest BCUT2D eigenvalue weighted by molar-refractivity contribution is -0.870. The fraction of sp³-hybridized carbons (Fsp3) is 0.833. The van der Waals surface area contributed by atoms with Gasteiger partial charge < -0.3 is 19.8 Å². The summed E-state index contributed by atoms with van der Waals surface area (Å²) in [5.74, 6) is -0.188. The Morgan fingerprint density at radius 1 is 0.453 bits per heavy atom. The summed E-state index contributed by atoms with van der Waals surface area (Å²) in [5, 5.41) is 13.9. The molecule has 0 radical (unpaired) electrons. The number of phosphoric acid groups is 1. The number of likely N-dealkylation sites (N-methyl/N-ethyl adjacent to an activating group) is 1. The first-order valence-corrected chi connectivity index (χ1v) is 33.7. The van der Waals surface area contributed by atoms with Gasteiger partial charge in [-0.25, -0.2) is 4.57 Å². The summed E-state index contributed by atoms with van der Waals surface area (Å²) >= 11 is 0. The van der Waals surface area contributed by atoms with E-state index >= 15 is 0 Å². The fourth-order valence-electron chi connectivity index (χ4n) is 9.39. The number of rotatable bonds is 59. The predicted molar refractivity (Wildman–Crippen MR) is 327 cm³/mol. The number of phosphoric ester groups is 1. The summed E-state index contributed by atoms with van der Waals surface area (Å²) in [5.41, 5.74) is 0. The van der Waals surface area contributed by atoms with Gasteiger partial charge in [-0.2, -0.15) is 0 Å². The van der Waals surface area contributed by atoms with E-state index in [1.54, 1.807) is 6.08 Å². The van der Waals surface area contributed by atoms with Gasteiger partial charge in [-0.05, 0) is 70.6 Å². The van der Waals surface area contributed by atoms with E-state index in [4.69, 9.17) is 9.05 Å². The number of hydrogen-bond acceptors (Lipinski definition) is 5. The van der Waals surface area contributed by atoms with Gasteiger partial charge in [-0.15, -0.1) is 0 Å². The molecule has 0 heterocycles. The van der Waals surface area contributed by atoms with E-state index in [0.29, 0.717) is 17.4 Å². The summed E-state index contributed by atoms with van der Waals surface area (Å²) in [4.78, 5) is 23.2. The number of aliphatic hydroxyl groups is 1. The fourth-order valence-corrected chi connectivity index (χ4v) is 10.1. The molecule has 8 nitrogen and oxygen atoms in total. The van der Waals surface area contributed by atoms with Crippen LogP contribution in [-0.2, 0) is 18.4 Å². The normalized spacial score (nSPS) is 14.2. The Morgan fingerprint density at radius 3 is 1.19 bits per heavy atom. The van der Waals surface area contributed by atoms with Gasteiger partial charge >= 0.3 is 7.82 Å². The van der Waals surface area contributed by atoms with E-state index in [0.717, 1.165) is 57.8 Å². The van der Waals surface area contributed by atoms with Gasteiger partial charge in [0, 0.05) is 6.42 Å². The van der Waals surface area contributed by atoms with Crippen molar-refractivity contribution < 1.29 is 32.9 Å². The molecule has 0 spiro atoms. The highest BCUT2D eigenvalue weighted by Gasteiger charge is 2.27. The van der Waals surface area contributed by atoms with Crippen molar-refractivity contribution in [2.45, 2.75) is 315 Å².